The van der Waals surface area contributed by atoms with Crippen LogP contribution < -0.4 is 10.9 Å². The number of rotatable bonds is 1. The first kappa shape index (κ1) is 22.0. The summed E-state index contributed by atoms with van der Waals surface area (Å²) in [6.07, 6.45) is 0. The molecule has 0 saturated carbocycles. The summed E-state index contributed by atoms with van der Waals surface area (Å²) in [5, 5.41) is 16.7. The van der Waals surface area contributed by atoms with Crippen LogP contribution in [-0.4, -0.2) is 15.9 Å². The van der Waals surface area contributed by atoms with Crippen LogP contribution in [0, 0.1) is 11.3 Å². The highest BCUT2D eigenvalue weighted by atomic mass is 16.3. The molecule has 0 radical (unpaired) electrons. The molecule has 192 valence electrons. The number of furan rings is 1. The van der Waals surface area contributed by atoms with Gasteiger partial charge in [0.1, 0.15) is 5.58 Å². The van der Waals surface area contributed by atoms with E-state index in [1.807, 2.05) is 18.2 Å². The first-order chi connectivity index (χ1) is 20.8. The van der Waals surface area contributed by atoms with Crippen LogP contribution in [0.1, 0.15) is 5.56 Å². The molecular formula is C37H20BN3O. The molecule has 0 saturated heterocycles. The summed E-state index contributed by atoms with van der Waals surface area (Å²) in [4.78, 5) is 0. The van der Waals surface area contributed by atoms with Crippen LogP contribution in [0.15, 0.2) is 126 Å². The second kappa shape index (κ2) is 7.72. The maximum Gasteiger partial charge on any atom is 0.332 e. The SMILES string of the molecule is N#Cc1ccc2c3cccc4c3n(c2c1)-c1ccccc1B4n1c2ccccc2c2ccc3c4ccccc4oc3c21. The molecule has 1 aliphatic rings. The van der Waals surface area contributed by atoms with E-state index >= 15 is 0 Å². The fourth-order valence-corrected chi connectivity index (χ4v) is 7.53. The van der Waals surface area contributed by atoms with Gasteiger partial charge in [0, 0.05) is 43.5 Å². The van der Waals surface area contributed by atoms with Gasteiger partial charge in [0.25, 0.3) is 0 Å². The number of benzene rings is 6. The zero-order valence-electron chi connectivity index (χ0n) is 22.4. The highest BCUT2D eigenvalue weighted by Gasteiger charge is 2.36. The Hall–Kier alpha value is -5.73. The zero-order chi connectivity index (χ0) is 27.5. The summed E-state index contributed by atoms with van der Waals surface area (Å²) in [6, 6.07) is 45.2. The Labute approximate surface area is 240 Å². The zero-order valence-corrected chi connectivity index (χ0v) is 22.4. The maximum atomic E-state index is 9.74. The largest absolute Gasteiger partial charge is 0.454 e. The smallest absolute Gasteiger partial charge is 0.332 e. The van der Waals surface area contributed by atoms with Gasteiger partial charge < -0.3 is 13.5 Å². The van der Waals surface area contributed by atoms with Crippen molar-refractivity contribution in [1.82, 2.24) is 9.05 Å². The van der Waals surface area contributed by atoms with Gasteiger partial charge in [-0.05, 0) is 47.3 Å². The molecule has 10 rings (SSSR count). The number of fused-ring (bicyclic) bond motifs is 12. The summed E-state index contributed by atoms with van der Waals surface area (Å²) in [7, 11) is 0. The van der Waals surface area contributed by atoms with Crippen LogP contribution in [0.5, 0.6) is 0 Å². The molecule has 0 atom stereocenters. The lowest BCUT2D eigenvalue weighted by Gasteiger charge is -2.28. The van der Waals surface area contributed by atoms with E-state index in [1.165, 1.54) is 38.1 Å². The Morgan fingerprint density at radius 1 is 0.571 bits per heavy atom. The van der Waals surface area contributed by atoms with Crippen molar-refractivity contribution in [1.29, 1.82) is 5.26 Å². The molecule has 1 aliphatic heterocycles. The van der Waals surface area contributed by atoms with Crippen molar-refractivity contribution in [3.05, 3.63) is 127 Å². The van der Waals surface area contributed by atoms with E-state index in [0.717, 1.165) is 44.0 Å². The minimum Gasteiger partial charge on any atom is -0.454 e. The molecule has 5 heteroatoms. The minimum atomic E-state index is -0.0849. The van der Waals surface area contributed by atoms with Crippen molar-refractivity contribution in [2.75, 3.05) is 0 Å². The van der Waals surface area contributed by atoms with Crippen LogP contribution in [0.3, 0.4) is 0 Å². The van der Waals surface area contributed by atoms with E-state index in [1.54, 1.807) is 0 Å². The number of hydrogen-bond acceptors (Lipinski definition) is 2. The number of para-hydroxylation sites is 4. The number of aromatic nitrogens is 2. The van der Waals surface area contributed by atoms with E-state index in [-0.39, 0.29) is 6.85 Å². The molecule has 0 spiro atoms. The van der Waals surface area contributed by atoms with Crippen LogP contribution >= 0.6 is 0 Å². The maximum absolute atomic E-state index is 9.74. The van der Waals surface area contributed by atoms with E-state index in [0.29, 0.717) is 5.56 Å². The molecule has 0 amide bonds. The van der Waals surface area contributed by atoms with E-state index in [4.69, 9.17) is 4.42 Å². The highest BCUT2D eigenvalue weighted by molar-refractivity contribution is 6.88. The Morgan fingerprint density at radius 3 is 2.19 bits per heavy atom. The fourth-order valence-electron chi connectivity index (χ4n) is 7.53. The molecule has 9 aromatic rings. The Kier molecular flexibility index (Phi) is 4.05. The number of nitriles is 1. The predicted molar refractivity (Wildman–Crippen MR) is 173 cm³/mol. The molecule has 0 unspecified atom stereocenters. The molecule has 0 fully saturated rings. The summed E-state index contributed by atoms with van der Waals surface area (Å²) in [5.41, 5.74) is 10.6. The van der Waals surface area contributed by atoms with Gasteiger partial charge in [0.15, 0.2) is 5.58 Å². The van der Waals surface area contributed by atoms with Crippen molar-refractivity contribution < 1.29 is 4.42 Å². The average Bonchev–Trinajstić information content (AvgIpc) is 3.70. The fraction of sp³-hybridized carbons (Fsp3) is 0. The monoisotopic (exact) mass is 533 g/mol. The molecule has 6 aromatic carbocycles. The van der Waals surface area contributed by atoms with Crippen molar-refractivity contribution in [3.63, 3.8) is 0 Å². The molecule has 0 N–H and O–H groups in total. The van der Waals surface area contributed by atoms with Crippen LogP contribution in [-0.2, 0) is 0 Å². The number of hydrogen-bond donors (Lipinski definition) is 0. The molecule has 4 heterocycles. The first-order valence-electron chi connectivity index (χ1n) is 14.2. The van der Waals surface area contributed by atoms with Gasteiger partial charge >= 0.3 is 6.85 Å². The highest BCUT2D eigenvalue weighted by Crippen LogP contribution is 2.40. The van der Waals surface area contributed by atoms with Gasteiger partial charge in [0.2, 0.25) is 0 Å². The molecular weight excluding hydrogens is 513 g/mol. The molecule has 0 bridgehead atoms. The second-order valence-electron chi connectivity index (χ2n) is 11.2. The third-order valence-corrected chi connectivity index (χ3v) is 9.19. The van der Waals surface area contributed by atoms with Gasteiger partial charge in [-0.15, -0.1) is 0 Å². The van der Waals surface area contributed by atoms with Gasteiger partial charge in [-0.2, -0.15) is 5.26 Å². The van der Waals surface area contributed by atoms with Crippen molar-refractivity contribution in [3.8, 4) is 11.8 Å². The Morgan fingerprint density at radius 2 is 1.26 bits per heavy atom. The summed E-state index contributed by atoms with van der Waals surface area (Å²) in [5.74, 6) is 0. The van der Waals surface area contributed by atoms with Gasteiger partial charge in [-0.3, -0.25) is 0 Å². The van der Waals surface area contributed by atoms with E-state index < -0.39 is 0 Å². The van der Waals surface area contributed by atoms with E-state index in [9.17, 15) is 5.26 Å². The van der Waals surface area contributed by atoms with Crippen LogP contribution in [0.4, 0.5) is 0 Å². The van der Waals surface area contributed by atoms with E-state index in [2.05, 4.69) is 118 Å². The van der Waals surface area contributed by atoms with Crippen molar-refractivity contribution >= 4 is 83.3 Å². The van der Waals surface area contributed by atoms with Crippen LogP contribution in [0.2, 0.25) is 0 Å². The first-order valence-corrected chi connectivity index (χ1v) is 14.2. The molecule has 4 nitrogen and oxygen atoms in total. The summed E-state index contributed by atoms with van der Waals surface area (Å²) in [6.45, 7) is -0.0849. The van der Waals surface area contributed by atoms with Crippen molar-refractivity contribution in [2.45, 2.75) is 0 Å². The summed E-state index contributed by atoms with van der Waals surface area (Å²) < 4.78 is 11.5. The third kappa shape index (κ3) is 2.58. The third-order valence-electron chi connectivity index (χ3n) is 9.19. The Balaban J connectivity index is 1.43. The quantitative estimate of drug-likeness (QED) is 0.204. The van der Waals surface area contributed by atoms with Crippen LogP contribution in [0.25, 0.3) is 71.2 Å². The minimum absolute atomic E-state index is 0.0849. The predicted octanol–water partition coefficient (Wildman–Crippen LogP) is 7.63. The van der Waals surface area contributed by atoms with Gasteiger partial charge in [0.05, 0.1) is 28.2 Å². The lowest BCUT2D eigenvalue weighted by Crippen LogP contribution is -2.53. The molecule has 42 heavy (non-hydrogen) atoms. The average molecular weight is 533 g/mol. The Bertz CT molecular complexity index is 2660. The lowest BCUT2D eigenvalue weighted by molar-refractivity contribution is 0.671. The lowest BCUT2D eigenvalue weighted by atomic mass is 9.48. The topological polar surface area (TPSA) is 46.8 Å². The van der Waals surface area contributed by atoms with Gasteiger partial charge in [-0.25, -0.2) is 0 Å². The molecule has 3 aromatic heterocycles. The van der Waals surface area contributed by atoms with Crippen molar-refractivity contribution in [2.24, 2.45) is 0 Å². The van der Waals surface area contributed by atoms with Gasteiger partial charge in [-0.1, -0.05) is 84.9 Å². The summed E-state index contributed by atoms with van der Waals surface area (Å²) >= 11 is 0. The number of nitrogens with zero attached hydrogens (tertiary/aromatic N) is 3. The standard InChI is InChI=1S/C37H20BN3O/c39-21-22-16-17-24-26-10-7-12-30-35(26)40(33(24)20-22)32-14-5-3-11-29(32)38(30)41-31-13-4-1-8-23(31)27-18-19-28-25-9-2-6-15-34(25)42-37(28)36(27)41/h1-20H. The normalized spacial score (nSPS) is 12.7. The second-order valence-corrected chi connectivity index (χ2v) is 11.2. The molecule has 0 aliphatic carbocycles.